The highest BCUT2D eigenvalue weighted by Crippen LogP contribution is 2.17. The van der Waals surface area contributed by atoms with Gasteiger partial charge in [-0.15, -0.1) is 24.0 Å². The van der Waals surface area contributed by atoms with E-state index in [2.05, 4.69) is 34.2 Å². The van der Waals surface area contributed by atoms with Crippen LogP contribution >= 0.6 is 24.0 Å². The number of ether oxygens (including phenoxy) is 2. The van der Waals surface area contributed by atoms with Crippen molar-refractivity contribution in [2.24, 2.45) is 4.99 Å². The van der Waals surface area contributed by atoms with E-state index in [9.17, 15) is 0 Å². The second kappa shape index (κ2) is 15.9. The SMILES string of the molecule is C=CCOc1ccccc1CNC(=NC)NCCN(C)CCCOC.I. The Kier molecular flexibility index (Phi) is 15.1. The average molecular weight is 476 g/mol. The normalized spacial score (nSPS) is 11.0. The molecule has 0 bridgehead atoms. The molecule has 0 aliphatic rings. The van der Waals surface area contributed by atoms with Crippen molar-refractivity contribution < 1.29 is 9.47 Å². The number of hydrogen-bond acceptors (Lipinski definition) is 4. The van der Waals surface area contributed by atoms with Gasteiger partial charge in [-0.05, 0) is 19.5 Å². The minimum Gasteiger partial charge on any atom is -0.489 e. The number of nitrogens with one attached hydrogen (secondary N) is 2. The molecule has 6 nitrogen and oxygen atoms in total. The molecule has 26 heavy (non-hydrogen) atoms. The second-order valence-electron chi connectivity index (χ2n) is 5.71. The summed E-state index contributed by atoms with van der Waals surface area (Å²) in [6, 6.07) is 7.98. The maximum atomic E-state index is 5.68. The van der Waals surface area contributed by atoms with Gasteiger partial charge in [0.05, 0.1) is 0 Å². The lowest BCUT2D eigenvalue weighted by atomic mass is 10.2. The highest BCUT2D eigenvalue weighted by Gasteiger charge is 2.04. The lowest BCUT2D eigenvalue weighted by Gasteiger charge is -2.18. The average Bonchev–Trinajstić information content (AvgIpc) is 2.63. The van der Waals surface area contributed by atoms with Gasteiger partial charge >= 0.3 is 0 Å². The maximum Gasteiger partial charge on any atom is 0.191 e. The van der Waals surface area contributed by atoms with E-state index in [-0.39, 0.29) is 24.0 Å². The van der Waals surface area contributed by atoms with E-state index in [0.29, 0.717) is 13.2 Å². The highest BCUT2D eigenvalue weighted by atomic mass is 127. The van der Waals surface area contributed by atoms with Crippen LogP contribution in [0.15, 0.2) is 41.9 Å². The van der Waals surface area contributed by atoms with Gasteiger partial charge in [-0.3, -0.25) is 4.99 Å². The maximum absolute atomic E-state index is 5.68. The molecule has 7 heteroatoms. The van der Waals surface area contributed by atoms with Gasteiger partial charge in [-0.2, -0.15) is 0 Å². The smallest absolute Gasteiger partial charge is 0.191 e. The van der Waals surface area contributed by atoms with Crippen LogP contribution in [0.4, 0.5) is 0 Å². The fraction of sp³-hybridized carbons (Fsp3) is 0.526. The first kappa shape index (κ1) is 24.7. The van der Waals surface area contributed by atoms with Crippen molar-refractivity contribution in [3.05, 3.63) is 42.5 Å². The quantitative estimate of drug-likeness (QED) is 0.160. The molecule has 0 unspecified atom stereocenters. The molecular weight excluding hydrogens is 443 g/mol. The summed E-state index contributed by atoms with van der Waals surface area (Å²) in [4.78, 5) is 6.54. The molecule has 1 aromatic rings. The van der Waals surface area contributed by atoms with Crippen LogP contribution in [-0.4, -0.2) is 64.9 Å². The number of guanidine groups is 1. The number of nitrogens with zero attached hydrogens (tertiary/aromatic N) is 2. The van der Waals surface area contributed by atoms with E-state index in [1.165, 1.54) is 0 Å². The Morgan fingerprint density at radius 3 is 2.73 bits per heavy atom. The largest absolute Gasteiger partial charge is 0.489 e. The fourth-order valence-electron chi connectivity index (χ4n) is 2.29. The van der Waals surface area contributed by atoms with E-state index in [1.54, 1.807) is 20.2 Å². The summed E-state index contributed by atoms with van der Waals surface area (Å²) in [5.41, 5.74) is 1.09. The van der Waals surface area contributed by atoms with Gasteiger partial charge < -0.3 is 25.0 Å². The third-order valence-corrected chi connectivity index (χ3v) is 3.67. The number of halogens is 1. The van der Waals surface area contributed by atoms with Gasteiger partial charge in [0.1, 0.15) is 12.4 Å². The zero-order valence-corrected chi connectivity index (χ0v) is 18.5. The van der Waals surface area contributed by atoms with Crippen molar-refractivity contribution in [1.82, 2.24) is 15.5 Å². The monoisotopic (exact) mass is 476 g/mol. The van der Waals surface area contributed by atoms with Crippen LogP contribution in [-0.2, 0) is 11.3 Å². The van der Waals surface area contributed by atoms with Crippen LogP contribution in [0.25, 0.3) is 0 Å². The molecule has 0 saturated heterocycles. The summed E-state index contributed by atoms with van der Waals surface area (Å²) < 4.78 is 10.7. The summed E-state index contributed by atoms with van der Waals surface area (Å²) in [5.74, 6) is 1.65. The van der Waals surface area contributed by atoms with Crippen LogP contribution in [0.3, 0.4) is 0 Å². The fourth-order valence-corrected chi connectivity index (χ4v) is 2.29. The van der Waals surface area contributed by atoms with Crippen molar-refractivity contribution in [1.29, 1.82) is 0 Å². The molecule has 0 aliphatic carbocycles. The van der Waals surface area contributed by atoms with Crippen molar-refractivity contribution in [2.75, 3.05) is 54.1 Å². The number of benzene rings is 1. The zero-order valence-electron chi connectivity index (χ0n) is 16.2. The Bertz CT molecular complexity index is 526. The minimum absolute atomic E-state index is 0. The predicted octanol–water partition coefficient (Wildman–Crippen LogP) is 2.50. The number of hydrogen-bond donors (Lipinski definition) is 2. The summed E-state index contributed by atoms with van der Waals surface area (Å²) in [5, 5.41) is 6.66. The molecule has 0 aromatic heterocycles. The molecule has 0 fully saturated rings. The Labute approximate surface area is 175 Å². The Hall–Kier alpha value is -1.32. The van der Waals surface area contributed by atoms with Crippen LogP contribution < -0.4 is 15.4 Å². The van der Waals surface area contributed by atoms with Crippen LogP contribution in [0.2, 0.25) is 0 Å². The van der Waals surface area contributed by atoms with E-state index in [4.69, 9.17) is 9.47 Å². The van der Waals surface area contributed by atoms with E-state index < -0.39 is 0 Å². The van der Waals surface area contributed by atoms with E-state index >= 15 is 0 Å². The number of methoxy groups -OCH3 is 1. The van der Waals surface area contributed by atoms with Gasteiger partial charge in [0.2, 0.25) is 0 Å². The summed E-state index contributed by atoms with van der Waals surface area (Å²) in [6.07, 6.45) is 2.79. The summed E-state index contributed by atoms with van der Waals surface area (Å²) in [7, 11) is 5.62. The molecule has 2 N–H and O–H groups in total. The lowest BCUT2D eigenvalue weighted by Crippen LogP contribution is -2.40. The first-order valence-electron chi connectivity index (χ1n) is 8.64. The van der Waals surface area contributed by atoms with Crippen molar-refractivity contribution in [3.8, 4) is 5.75 Å². The van der Waals surface area contributed by atoms with Gasteiger partial charge in [0, 0.05) is 52.5 Å². The van der Waals surface area contributed by atoms with Gasteiger partial charge in [0.25, 0.3) is 0 Å². The Morgan fingerprint density at radius 1 is 1.27 bits per heavy atom. The van der Waals surface area contributed by atoms with E-state index in [1.807, 2.05) is 24.3 Å². The van der Waals surface area contributed by atoms with Crippen LogP contribution in [0.5, 0.6) is 5.75 Å². The number of likely N-dealkylation sites (N-methyl/N-ethyl adjacent to an activating group) is 1. The molecule has 0 aliphatic heterocycles. The molecule has 148 valence electrons. The summed E-state index contributed by atoms with van der Waals surface area (Å²) >= 11 is 0. The van der Waals surface area contributed by atoms with Gasteiger partial charge in [0.15, 0.2) is 5.96 Å². The third kappa shape index (κ3) is 10.6. The first-order chi connectivity index (χ1) is 12.2. The van der Waals surface area contributed by atoms with E-state index in [0.717, 1.165) is 49.9 Å². The van der Waals surface area contributed by atoms with Crippen molar-refractivity contribution in [2.45, 2.75) is 13.0 Å². The molecule has 0 atom stereocenters. The standard InChI is InChI=1S/C19H32N4O2.HI/c1-5-14-25-18-10-7-6-9-17(18)16-22-19(20-2)21-11-13-23(3)12-8-15-24-4;/h5-7,9-10H,1,8,11-16H2,2-4H3,(H2,20,21,22);1H. The highest BCUT2D eigenvalue weighted by molar-refractivity contribution is 14.0. The lowest BCUT2D eigenvalue weighted by molar-refractivity contribution is 0.180. The van der Waals surface area contributed by atoms with Crippen LogP contribution in [0, 0.1) is 0 Å². The zero-order chi connectivity index (χ0) is 18.3. The topological polar surface area (TPSA) is 58.1 Å². The summed E-state index contributed by atoms with van der Waals surface area (Å²) in [6.45, 7) is 8.43. The van der Waals surface area contributed by atoms with Crippen molar-refractivity contribution >= 4 is 29.9 Å². The molecule has 0 heterocycles. The van der Waals surface area contributed by atoms with Gasteiger partial charge in [-0.25, -0.2) is 0 Å². The molecule has 0 amide bonds. The van der Waals surface area contributed by atoms with Crippen LogP contribution in [0.1, 0.15) is 12.0 Å². The van der Waals surface area contributed by atoms with Gasteiger partial charge in [-0.1, -0.05) is 30.9 Å². The Morgan fingerprint density at radius 2 is 2.04 bits per heavy atom. The second-order valence-corrected chi connectivity index (χ2v) is 5.71. The Balaban J connectivity index is 0.00000625. The molecule has 0 radical (unpaired) electrons. The third-order valence-electron chi connectivity index (χ3n) is 3.67. The minimum atomic E-state index is 0. The molecular formula is C19H33IN4O2. The predicted molar refractivity (Wildman–Crippen MR) is 120 cm³/mol. The first-order valence-corrected chi connectivity index (χ1v) is 8.64. The number of para-hydroxylation sites is 1. The molecule has 0 spiro atoms. The molecule has 1 rings (SSSR count). The molecule has 0 saturated carbocycles. The molecule has 1 aromatic carbocycles. The number of aliphatic imine (C=N–C) groups is 1. The number of rotatable bonds is 12. The van der Waals surface area contributed by atoms with Crippen molar-refractivity contribution in [3.63, 3.8) is 0 Å².